The molecule has 3 nitrogen and oxygen atoms in total. The van der Waals surface area contributed by atoms with Crippen LogP contribution in [0.1, 0.15) is 5.56 Å². The number of nitriles is 1. The van der Waals surface area contributed by atoms with Gasteiger partial charge >= 0.3 is 0 Å². The van der Waals surface area contributed by atoms with Gasteiger partial charge in [-0.2, -0.15) is 5.26 Å². The van der Waals surface area contributed by atoms with Crippen LogP contribution in [-0.4, -0.2) is 4.98 Å². The monoisotopic (exact) mass is 311 g/mol. The fraction of sp³-hybridized carbons (Fsp3) is 0.0769. The summed E-state index contributed by atoms with van der Waals surface area (Å²) < 4.78 is 0. The number of nitrogens with two attached hydrogens (primary N) is 1. The van der Waals surface area contributed by atoms with Gasteiger partial charge in [-0.15, -0.1) is 0 Å². The minimum absolute atomic E-state index is 0.186. The van der Waals surface area contributed by atoms with E-state index in [1.807, 2.05) is 6.07 Å². The van der Waals surface area contributed by atoms with Crippen LogP contribution in [0.25, 0.3) is 11.1 Å². The first kappa shape index (κ1) is 14.0. The van der Waals surface area contributed by atoms with Gasteiger partial charge < -0.3 is 5.73 Å². The first-order chi connectivity index (χ1) is 9.02. The summed E-state index contributed by atoms with van der Waals surface area (Å²) in [5, 5.41) is 9.99. The maximum absolute atomic E-state index is 8.74. The van der Waals surface area contributed by atoms with Crippen LogP contribution in [0, 0.1) is 11.3 Å². The van der Waals surface area contributed by atoms with Gasteiger partial charge in [-0.3, -0.25) is 0 Å². The van der Waals surface area contributed by atoms with Crippen molar-refractivity contribution >= 4 is 40.6 Å². The van der Waals surface area contributed by atoms with Crippen molar-refractivity contribution in [3.05, 3.63) is 45.0 Å². The van der Waals surface area contributed by atoms with Crippen LogP contribution in [0.4, 0.5) is 5.82 Å². The summed E-state index contributed by atoms with van der Waals surface area (Å²) in [7, 11) is 0. The summed E-state index contributed by atoms with van der Waals surface area (Å²) in [5.41, 5.74) is 7.79. The molecule has 0 unspecified atom stereocenters. The van der Waals surface area contributed by atoms with Gasteiger partial charge in [0.1, 0.15) is 5.82 Å². The number of halogens is 3. The van der Waals surface area contributed by atoms with Crippen LogP contribution in [0.2, 0.25) is 15.1 Å². The standard InChI is InChI=1S/C13H8Cl3N3/c14-10-5-12(16)11(15)4-9(10)8-3-7(1-2-17)13(18)19-6-8/h3-6H,1H2,(H2,18,19). The molecule has 0 aliphatic heterocycles. The molecule has 0 aliphatic carbocycles. The molecule has 0 bridgehead atoms. The molecule has 1 aromatic carbocycles. The SMILES string of the molecule is N#CCc1cc(-c2cc(Cl)c(Cl)cc2Cl)cnc1N. The van der Waals surface area contributed by atoms with Crippen molar-refractivity contribution in [3.8, 4) is 17.2 Å². The highest BCUT2D eigenvalue weighted by molar-refractivity contribution is 6.44. The summed E-state index contributed by atoms with van der Waals surface area (Å²) in [5.74, 6) is 0.335. The van der Waals surface area contributed by atoms with E-state index in [-0.39, 0.29) is 6.42 Å². The molecule has 19 heavy (non-hydrogen) atoms. The van der Waals surface area contributed by atoms with Gasteiger partial charge in [-0.25, -0.2) is 4.98 Å². The number of benzene rings is 1. The lowest BCUT2D eigenvalue weighted by atomic mass is 10.0. The Hall–Kier alpha value is -1.47. The Morgan fingerprint density at radius 1 is 1.11 bits per heavy atom. The molecule has 0 amide bonds. The third kappa shape index (κ3) is 2.93. The topological polar surface area (TPSA) is 62.7 Å². The molecule has 0 spiro atoms. The van der Waals surface area contributed by atoms with E-state index in [4.69, 9.17) is 45.8 Å². The number of hydrogen-bond donors (Lipinski definition) is 1. The second-order valence-electron chi connectivity index (χ2n) is 3.85. The molecule has 1 aromatic heterocycles. The number of anilines is 1. The third-order valence-corrected chi connectivity index (χ3v) is 3.63. The first-order valence-electron chi connectivity index (χ1n) is 5.29. The number of hydrogen-bond acceptors (Lipinski definition) is 3. The molecule has 0 aliphatic rings. The molecule has 0 radical (unpaired) electrons. The molecule has 0 fully saturated rings. The Labute approximate surface area is 125 Å². The predicted molar refractivity (Wildman–Crippen MR) is 78.4 cm³/mol. The minimum Gasteiger partial charge on any atom is -0.383 e. The summed E-state index contributed by atoms with van der Waals surface area (Å²) in [4.78, 5) is 4.06. The molecule has 1 heterocycles. The zero-order chi connectivity index (χ0) is 14.0. The highest BCUT2D eigenvalue weighted by Crippen LogP contribution is 2.35. The van der Waals surface area contributed by atoms with E-state index in [1.165, 1.54) is 0 Å². The Bertz CT molecular complexity index is 678. The Morgan fingerprint density at radius 2 is 1.79 bits per heavy atom. The predicted octanol–water partition coefficient (Wildman–Crippen LogP) is 4.36. The Balaban J connectivity index is 2.57. The summed E-state index contributed by atoms with van der Waals surface area (Å²) in [6.45, 7) is 0. The van der Waals surface area contributed by atoms with Gasteiger partial charge in [-0.1, -0.05) is 34.8 Å². The van der Waals surface area contributed by atoms with E-state index in [0.717, 1.165) is 5.56 Å². The van der Waals surface area contributed by atoms with Crippen LogP contribution in [0.5, 0.6) is 0 Å². The van der Waals surface area contributed by atoms with Crippen molar-refractivity contribution in [1.82, 2.24) is 4.98 Å². The molecule has 6 heteroatoms. The quantitative estimate of drug-likeness (QED) is 0.838. The molecule has 96 valence electrons. The molecule has 0 saturated heterocycles. The van der Waals surface area contributed by atoms with Crippen LogP contribution >= 0.6 is 34.8 Å². The molecule has 2 rings (SSSR count). The second-order valence-corrected chi connectivity index (χ2v) is 5.07. The number of rotatable bonds is 2. The maximum atomic E-state index is 8.74. The van der Waals surface area contributed by atoms with Gasteiger partial charge in [0, 0.05) is 22.9 Å². The van der Waals surface area contributed by atoms with Crippen molar-refractivity contribution in [2.45, 2.75) is 6.42 Å². The summed E-state index contributed by atoms with van der Waals surface area (Å²) >= 11 is 18.0. The number of nitrogen functional groups attached to an aromatic ring is 1. The minimum atomic E-state index is 0.186. The lowest BCUT2D eigenvalue weighted by molar-refractivity contribution is 1.20. The highest BCUT2D eigenvalue weighted by atomic mass is 35.5. The van der Waals surface area contributed by atoms with Crippen LogP contribution in [0.3, 0.4) is 0 Å². The van der Waals surface area contributed by atoms with Gasteiger partial charge in [0.25, 0.3) is 0 Å². The Morgan fingerprint density at radius 3 is 2.47 bits per heavy atom. The van der Waals surface area contributed by atoms with Gasteiger partial charge in [0.15, 0.2) is 0 Å². The third-order valence-electron chi connectivity index (χ3n) is 2.59. The smallest absolute Gasteiger partial charge is 0.127 e. The van der Waals surface area contributed by atoms with Crippen LogP contribution < -0.4 is 5.73 Å². The fourth-order valence-electron chi connectivity index (χ4n) is 1.64. The summed E-state index contributed by atoms with van der Waals surface area (Å²) in [6.07, 6.45) is 1.77. The van der Waals surface area contributed by atoms with E-state index in [9.17, 15) is 0 Å². The zero-order valence-corrected chi connectivity index (χ0v) is 11.9. The van der Waals surface area contributed by atoms with E-state index in [1.54, 1.807) is 24.4 Å². The lowest BCUT2D eigenvalue weighted by Crippen LogP contribution is -1.97. The number of aromatic nitrogens is 1. The van der Waals surface area contributed by atoms with Crippen LogP contribution in [0.15, 0.2) is 24.4 Å². The second kappa shape index (κ2) is 5.66. The van der Waals surface area contributed by atoms with Crippen molar-refractivity contribution in [2.24, 2.45) is 0 Å². The van der Waals surface area contributed by atoms with Crippen molar-refractivity contribution in [2.75, 3.05) is 5.73 Å². The van der Waals surface area contributed by atoms with E-state index in [0.29, 0.717) is 32.0 Å². The summed E-state index contributed by atoms with van der Waals surface area (Å²) in [6, 6.07) is 7.05. The van der Waals surface area contributed by atoms with E-state index >= 15 is 0 Å². The maximum Gasteiger partial charge on any atom is 0.127 e. The average molecular weight is 313 g/mol. The molecule has 0 saturated carbocycles. The molecular formula is C13H8Cl3N3. The number of pyridine rings is 1. The normalized spacial score (nSPS) is 10.2. The Kier molecular flexibility index (Phi) is 4.16. The molecular weight excluding hydrogens is 305 g/mol. The van der Waals surface area contributed by atoms with Crippen molar-refractivity contribution < 1.29 is 0 Å². The van der Waals surface area contributed by atoms with Gasteiger partial charge in [0.05, 0.1) is 27.6 Å². The lowest BCUT2D eigenvalue weighted by Gasteiger charge is -2.09. The van der Waals surface area contributed by atoms with Crippen molar-refractivity contribution in [3.63, 3.8) is 0 Å². The molecule has 2 aromatic rings. The highest BCUT2D eigenvalue weighted by Gasteiger charge is 2.10. The van der Waals surface area contributed by atoms with E-state index in [2.05, 4.69) is 4.98 Å². The zero-order valence-electron chi connectivity index (χ0n) is 9.62. The van der Waals surface area contributed by atoms with Crippen molar-refractivity contribution in [1.29, 1.82) is 5.26 Å². The van der Waals surface area contributed by atoms with Gasteiger partial charge in [0.2, 0.25) is 0 Å². The first-order valence-corrected chi connectivity index (χ1v) is 6.42. The fourth-order valence-corrected chi connectivity index (χ4v) is 2.29. The van der Waals surface area contributed by atoms with Crippen LogP contribution in [-0.2, 0) is 6.42 Å². The largest absolute Gasteiger partial charge is 0.383 e. The number of nitrogens with zero attached hydrogens (tertiary/aromatic N) is 2. The molecule has 0 atom stereocenters. The van der Waals surface area contributed by atoms with E-state index < -0.39 is 0 Å². The molecule has 2 N–H and O–H groups in total. The average Bonchev–Trinajstić information content (AvgIpc) is 2.37. The van der Waals surface area contributed by atoms with Gasteiger partial charge in [-0.05, 0) is 18.2 Å².